The number of nitrogens with one attached hydrogen (secondary N) is 1. The van der Waals surface area contributed by atoms with Gasteiger partial charge in [0.1, 0.15) is 23.0 Å². The van der Waals surface area contributed by atoms with Crippen molar-refractivity contribution in [3.05, 3.63) is 64.6 Å². The Morgan fingerprint density at radius 1 is 1.17 bits per heavy atom. The van der Waals surface area contributed by atoms with Crippen molar-refractivity contribution in [1.82, 2.24) is 4.98 Å². The van der Waals surface area contributed by atoms with E-state index in [1.54, 1.807) is 19.4 Å². The molecule has 4 aromatic rings. The number of hydrogen-bond acceptors (Lipinski definition) is 4. The Bertz CT molecular complexity index is 1180. The first kappa shape index (κ1) is 14.1. The topological polar surface area (TPSA) is 79.0 Å². The van der Waals surface area contributed by atoms with E-state index in [-0.39, 0.29) is 5.56 Å². The van der Waals surface area contributed by atoms with E-state index in [1.807, 2.05) is 42.5 Å². The highest BCUT2D eigenvalue weighted by atomic mass is 16.5. The van der Waals surface area contributed by atoms with Gasteiger partial charge in [0.05, 0.1) is 7.11 Å². The van der Waals surface area contributed by atoms with Crippen molar-refractivity contribution in [2.75, 3.05) is 7.11 Å². The van der Waals surface area contributed by atoms with E-state index in [1.165, 1.54) is 0 Å². The largest absolute Gasteiger partial charge is 0.497 e. The van der Waals surface area contributed by atoms with Gasteiger partial charge in [-0.05, 0) is 35.9 Å². The maximum atomic E-state index is 12.3. The summed E-state index contributed by atoms with van der Waals surface area (Å²) >= 11 is 0. The van der Waals surface area contributed by atoms with Crippen LogP contribution in [0.4, 0.5) is 0 Å². The highest BCUT2D eigenvalue weighted by Gasteiger charge is 2.18. The maximum Gasteiger partial charge on any atom is 0.354 e. The minimum Gasteiger partial charge on any atom is -0.497 e. The fraction of sp³-hybridized carbons (Fsp3) is 0.0526. The van der Waals surface area contributed by atoms with E-state index in [0.717, 1.165) is 16.5 Å². The van der Waals surface area contributed by atoms with Crippen LogP contribution >= 0.6 is 0 Å². The summed E-state index contributed by atoms with van der Waals surface area (Å²) in [6.45, 7) is 0. The molecule has 0 unspecified atom stereocenters. The van der Waals surface area contributed by atoms with Crippen LogP contribution < -0.4 is 10.4 Å². The van der Waals surface area contributed by atoms with Crippen molar-refractivity contribution in [2.24, 2.45) is 0 Å². The lowest BCUT2D eigenvalue weighted by Crippen LogP contribution is -2.07. The van der Waals surface area contributed by atoms with Crippen molar-refractivity contribution in [3.8, 4) is 22.9 Å². The standard InChI is InChI=1S/C19H12N2O3/c1-23-12-4-2-3-11(9-12)17-14-5-6-16-13(7-8-21-16)18(14)24-19(22)15(17)10-20/h2-9,21H,1H3. The summed E-state index contributed by atoms with van der Waals surface area (Å²) in [4.78, 5) is 15.4. The molecule has 5 nitrogen and oxygen atoms in total. The Morgan fingerprint density at radius 3 is 2.83 bits per heavy atom. The molecule has 116 valence electrons. The number of methoxy groups -OCH3 is 1. The van der Waals surface area contributed by atoms with Gasteiger partial charge < -0.3 is 14.1 Å². The molecule has 2 heterocycles. The van der Waals surface area contributed by atoms with Crippen molar-refractivity contribution < 1.29 is 9.15 Å². The predicted octanol–water partition coefficient (Wildman–Crippen LogP) is 3.82. The molecule has 24 heavy (non-hydrogen) atoms. The molecule has 0 radical (unpaired) electrons. The van der Waals surface area contributed by atoms with Crippen LogP contribution in [0.2, 0.25) is 0 Å². The van der Waals surface area contributed by atoms with Gasteiger partial charge >= 0.3 is 5.63 Å². The third-order valence-electron chi connectivity index (χ3n) is 4.07. The van der Waals surface area contributed by atoms with E-state index in [0.29, 0.717) is 22.3 Å². The molecule has 0 saturated heterocycles. The molecule has 0 amide bonds. The summed E-state index contributed by atoms with van der Waals surface area (Å²) < 4.78 is 10.7. The van der Waals surface area contributed by atoms with Gasteiger partial charge in [-0.25, -0.2) is 4.79 Å². The third-order valence-corrected chi connectivity index (χ3v) is 4.07. The number of hydrogen-bond donors (Lipinski definition) is 1. The van der Waals surface area contributed by atoms with E-state index >= 15 is 0 Å². The molecule has 0 aliphatic carbocycles. The molecule has 0 aliphatic rings. The second kappa shape index (κ2) is 5.28. The molecule has 0 atom stereocenters. The van der Waals surface area contributed by atoms with E-state index < -0.39 is 5.63 Å². The Morgan fingerprint density at radius 2 is 2.04 bits per heavy atom. The molecule has 0 saturated carbocycles. The number of benzene rings is 2. The van der Waals surface area contributed by atoms with Gasteiger partial charge in [0, 0.05) is 28.0 Å². The molecular weight excluding hydrogens is 304 g/mol. The van der Waals surface area contributed by atoms with Crippen LogP contribution in [0.5, 0.6) is 5.75 Å². The molecular formula is C19H12N2O3. The summed E-state index contributed by atoms with van der Waals surface area (Å²) in [6.07, 6.45) is 1.79. The number of aromatic nitrogens is 1. The number of H-pyrrole nitrogens is 1. The summed E-state index contributed by atoms with van der Waals surface area (Å²) in [5.41, 5.74) is 1.98. The zero-order valence-corrected chi connectivity index (χ0v) is 12.8. The summed E-state index contributed by atoms with van der Waals surface area (Å²) in [5, 5.41) is 11.0. The lowest BCUT2D eigenvalue weighted by atomic mass is 9.96. The summed E-state index contributed by atoms with van der Waals surface area (Å²) in [5.74, 6) is 0.653. The highest BCUT2D eigenvalue weighted by Crippen LogP contribution is 2.35. The normalized spacial score (nSPS) is 10.8. The zero-order chi connectivity index (χ0) is 16.7. The maximum absolute atomic E-state index is 12.3. The fourth-order valence-electron chi connectivity index (χ4n) is 2.97. The van der Waals surface area contributed by atoms with E-state index in [2.05, 4.69) is 4.98 Å². The summed E-state index contributed by atoms with van der Waals surface area (Å²) in [7, 11) is 1.57. The lowest BCUT2D eigenvalue weighted by molar-refractivity contribution is 0.415. The highest BCUT2D eigenvalue weighted by molar-refractivity contribution is 6.09. The van der Waals surface area contributed by atoms with Gasteiger partial charge in [-0.15, -0.1) is 0 Å². The zero-order valence-electron chi connectivity index (χ0n) is 12.8. The number of fused-ring (bicyclic) bond motifs is 3. The first-order valence-corrected chi connectivity index (χ1v) is 7.34. The number of ether oxygens (including phenoxy) is 1. The van der Waals surface area contributed by atoms with Crippen molar-refractivity contribution in [3.63, 3.8) is 0 Å². The van der Waals surface area contributed by atoms with Crippen molar-refractivity contribution >= 4 is 21.9 Å². The monoisotopic (exact) mass is 316 g/mol. The molecule has 2 aromatic heterocycles. The molecule has 0 aliphatic heterocycles. The van der Waals surface area contributed by atoms with Gasteiger partial charge in [-0.1, -0.05) is 12.1 Å². The molecule has 5 heteroatoms. The Hall–Kier alpha value is -3.52. The van der Waals surface area contributed by atoms with Gasteiger partial charge in [-0.2, -0.15) is 5.26 Å². The van der Waals surface area contributed by atoms with Gasteiger partial charge in [0.15, 0.2) is 0 Å². The second-order valence-electron chi connectivity index (χ2n) is 5.36. The van der Waals surface area contributed by atoms with Gasteiger partial charge in [0.2, 0.25) is 0 Å². The Labute approximate surface area is 136 Å². The number of rotatable bonds is 2. The van der Waals surface area contributed by atoms with Crippen molar-refractivity contribution in [2.45, 2.75) is 0 Å². The first-order valence-electron chi connectivity index (χ1n) is 7.34. The molecule has 4 rings (SSSR count). The van der Waals surface area contributed by atoms with Crippen LogP contribution in [0.1, 0.15) is 5.56 Å². The number of nitriles is 1. The first-order chi connectivity index (χ1) is 11.7. The average Bonchev–Trinajstić information content (AvgIpc) is 3.09. The number of aromatic amines is 1. The predicted molar refractivity (Wildman–Crippen MR) is 91.0 cm³/mol. The van der Waals surface area contributed by atoms with Crippen LogP contribution in [0.3, 0.4) is 0 Å². The molecule has 1 N–H and O–H groups in total. The van der Waals surface area contributed by atoms with Crippen LogP contribution in [-0.2, 0) is 0 Å². The average molecular weight is 316 g/mol. The van der Waals surface area contributed by atoms with Crippen LogP contribution in [-0.4, -0.2) is 12.1 Å². The van der Waals surface area contributed by atoms with Crippen molar-refractivity contribution in [1.29, 1.82) is 5.26 Å². The minimum absolute atomic E-state index is 0.00867. The van der Waals surface area contributed by atoms with Gasteiger partial charge in [0.25, 0.3) is 0 Å². The van der Waals surface area contributed by atoms with Crippen LogP contribution in [0.25, 0.3) is 33.0 Å². The third kappa shape index (κ3) is 1.97. The quantitative estimate of drug-likeness (QED) is 0.570. The lowest BCUT2D eigenvalue weighted by Gasteiger charge is -2.10. The van der Waals surface area contributed by atoms with E-state index in [4.69, 9.17) is 9.15 Å². The molecule has 2 aromatic carbocycles. The molecule has 0 fully saturated rings. The molecule has 0 bridgehead atoms. The SMILES string of the molecule is COc1cccc(-c2c(C#N)c(=O)oc3c2ccc2[nH]ccc23)c1. The minimum atomic E-state index is -0.642. The Balaban J connectivity index is 2.19. The Kier molecular flexibility index (Phi) is 3.10. The molecule has 0 spiro atoms. The smallest absolute Gasteiger partial charge is 0.354 e. The number of nitrogens with zero attached hydrogens (tertiary/aromatic N) is 1. The van der Waals surface area contributed by atoms with Crippen LogP contribution in [0, 0.1) is 11.3 Å². The van der Waals surface area contributed by atoms with Gasteiger partial charge in [-0.3, -0.25) is 0 Å². The van der Waals surface area contributed by atoms with Crippen LogP contribution in [0.15, 0.2) is 57.9 Å². The summed E-state index contributed by atoms with van der Waals surface area (Å²) in [6, 6.07) is 14.9. The van der Waals surface area contributed by atoms with E-state index in [9.17, 15) is 10.1 Å². The second-order valence-corrected chi connectivity index (χ2v) is 5.36. The fourth-order valence-corrected chi connectivity index (χ4v) is 2.97.